The summed E-state index contributed by atoms with van der Waals surface area (Å²) in [6.07, 6.45) is 6.79. The highest BCUT2D eigenvalue weighted by Gasteiger charge is 2.31. The highest BCUT2D eigenvalue weighted by molar-refractivity contribution is 6.33. The topological polar surface area (TPSA) is 54.3 Å². The second-order valence-corrected chi connectivity index (χ2v) is 5.91. The molecule has 1 fully saturated rings. The molecule has 1 aliphatic rings. The smallest absolute Gasteiger partial charge is 0.255 e. The average Bonchev–Trinajstić information content (AvgIpc) is 2.93. The Morgan fingerprint density at radius 3 is 2.82 bits per heavy atom. The molecule has 1 saturated heterocycles. The molecule has 1 amide bonds. The first-order valence-electron chi connectivity index (χ1n) is 7.14. The molecule has 3 rings (SSSR count). The van der Waals surface area contributed by atoms with Crippen LogP contribution in [0.1, 0.15) is 22.2 Å². The number of aryl methyl sites for hydroxylation is 1. The molecule has 0 saturated carbocycles. The Morgan fingerprint density at radius 1 is 1.32 bits per heavy atom. The molecule has 2 aromatic rings. The molecule has 6 nitrogen and oxygen atoms in total. The van der Waals surface area contributed by atoms with Crippen molar-refractivity contribution >= 4 is 17.5 Å². The van der Waals surface area contributed by atoms with Crippen molar-refractivity contribution in [3.05, 3.63) is 47.3 Å². The zero-order valence-electron chi connectivity index (χ0n) is 12.6. The molecule has 2 aromatic heterocycles. The standard InChI is InChI=1S/C15H18ClN5O/c1-19-7-8-21(10-13(19)14-18-5-6-20(14)2)15(22)11-3-4-17-9-12(11)16/h3-6,9,13H,7-8,10H2,1-2H3/t13-/m0/s1. The zero-order chi connectivity index (χ0) is 15.7. The lowest BCUT2D eigenvalue weighted by Crippen LogP contribution is -2.49. The lowest BCUT2D eigenvalue weighted by Gasteiger charge is -2.39. The van der Waals surface area contributed by atoms with Crippen LogP contribution in [0, 0.1) is 0 Å². The summed E-state index contributed by atoms with van der Waals surface area (Å²) in [5.41, 5.74) is 0.500. The summed E-state index contributed by atoms with van der Waals surface area (Å²) in [5, 5.41) is 0.389. The molecule has 0 bridgehead atoms. The van der Waals surface area contributed by atoms with Crippen molar-refractivity contribution < 1.29 is 4.79 Å². The number of pyridine rings is 1. The van der Waals surface area contributed by atoms with Gasteiger partial charge in [-0.2, -0.15) is 0 Å². The third-order valence-corrected chi connectivity index (χ3v) is 4.40. The Balaban J connectivity index is 1.83. The van der Waals surface area contributed by atoms with Gasteiger partial charge in [-0.3, -0.25) is 14.7 Å². The monoisotopic (exact) mass is 319 g/mol. The van der Waals surface area contributed by atoms with Gasteiger partial charge in [-0.15, -0.1) is 0 Å². The number of aromatic nitrogens is 3. The number of likely N-dealkylation sites (N-methyl/N-ethyl adjacent to an activating group) is 1. The molecular formula is C15H18ClN5O. The van der Waals surface area contributed by atoms with E-state index in [4.69, 9.17) is 11.6 Å². The van der Waals surface area contributed by atoms with E-state index < -0.39 is 0 Å². The van der Waals surface area contributed by atoms with E-state index in [2.05, 4.69) is 21.9 Å². The van der Waals surface area contributed by atoms with Crippen LogP contribution < -0.4 is 0 Å². The number of carbonyl (C=O) groups is 1. The van der Waals surface area contributed by atoms with Gasteiger partial charge in [0, 0.05) is 51.5 Å². The van der Waals surface area contributed by atoms with Gasteiger partial charge >= 0.3 is 0 Å². The normalized spacial score (nSPS) is 19.4. The summed E-state index contributed by atoms with van der Waals surface area (Å²) < 4.78 is 1.99. The number of imidazole rings is 1. The van der Waals surface area contributed by atoms with E-state index in [0.717, 1.165) is 12.4 Å². The fourth-order valence-electron chi connectivity index (χ4n) is 2.75. The maximum atomic E-state index is 12.7. The number of hydrogen-bond acceptors (Lipinski definition) is 4. The van der Waals surface area contributed by atoms with E-state index in [-0.39, 0.29) is 11.9 Å². The summed E-state index contributed by atoms with van der Waals surface area (Å²) >= 11 is 6.09. The fraction of sp³-hybridized carbons (Fsp3) is 0.400. The van der Waals surface area contributed by atoms with E-state index in [1.54, 1.807) is 18.5 Å². The number of rotatable bonds is 2. The Labute approximate surface area is 134 Å². The predicted octanol–water partition coefficient (Wildman–Crippen LogP) is 1.60. The number of hydrogen-bond donors (Lipinski definition) is 0. The molecule has 0 radical (unpaired) electrons. The number of amides is 1. The van der Waals surface area contributed by atoms with Crippen LogP contribution in [0.5, 0.6) is 0 Å². The minimum absolute atomic E-state index is 0.0558. The van der Waals surface area contributed by atoms with Crippen molar-refractivity contribution in [2.24, 2.45) is 7.05 Å². The lowest BCUT2D eigenvalue weighted by molar-refractivity contribution is 0.0529. The molecule has 22 heavy (non-hydrogen) atoms. The number of piperazine rings is 1. The summed E-state index contributed by atoms with van der Waals surface area (Å²) in [7, 11) is 4.03. The second-order valence-electron chi connectivity index (χ2n) is 5.50. The van der Waals surface area contributed by atoms with Gasteiger partial charge in [0.05, 0.1) is 16.6 Å². The Bertz CT molecular complexity index is 686. The third kappa shape index (κ3) is 2.71. The minimum Gasteiger partial charge on any atom is -0.337 e. The highest BCUT2D eigenvalue weighted by Crippen LogP contribution is 2.24. The van der Waals surface area contributed by atoms with Gasteiger partial charge < -0.3 is 9.47 Å². The van der Waals surface area contributed by atoms with Crippen LogP contribution in [-0.4, -0.2) is 56.9 Å². The van der Waals surface area contributed by atoms with Crippen molar-refractivity contribution in [1.29, 1.82) is 0 Å². The lowest BCUT2D eigenvalue weighted by atomic mass is 10.1. The van der Waals surface area contributed by atoms with E-state index in [0.29, 0.717) is 23.7 Å². The molecule has 1 aliphatic heterocycles. The molecule has 1 atom stereocenters. The molecule has 116 valence electrons. The van der Waals surface area contributed by atoms with Gasteiger partial charge in [-0.25, -0.2) is 4.98 Å². The van der Waals surface area contributed by atoms with Crippen molar-refractivity contribution in [1.82, 2.24) is 24.3 Å². The summed E-state index contributed by atoms with van der Waals surface area (Å²) in [6, 6.07) is 1.75. The largest absolute Gasteiger partial charge is 0.337 e. The molecule has 0 aromatic carbocycles. The van der Waals surface area contributed by atoms with Crippen LogP contribution >= 0.6 is 11.6 Å². The number of carbonyl (C=O) groups excluding carboxylic acids is 1. The number of nitrogens with zero attached hydrogens (tertiary/aromatic N) is 5. The molecule has 0 spiro atoms. The van der Waals surface area contributed by atoms with Gasteiger partial charge in [0.15, 0.2) is 0 Å². The van der Waals surface area contributed by atoms with Gasteiger partial charge in [-0.05, 0) is 13.1 Å². The molecule has 7 heteroatoms. The number of halogens is 1. The summed E-state index contributed by atoms with van der Waals surface area (Å²) in [6.45, 7) is 2.07. The van der Waals surface area contributed by atoms with Crippen molar-refractivity contribution in [3.63, 3.8) is 0 Å². The van der Waals surface area contributed by atoms with Crippen LogP contribution in [0.4, 0.5) is 0 Å². The van der Waals surface area contributed by atoms with Crippen molar-refractivity contribution in [2.75, 3.05) is 26.7 Å². The molecule has 0 unspecified atom stereocenters. The van der Waals surface area contributed by atoms with Crippen LogP contribution in [0.3, 0.4) is 0 Å². The minimum atomic E-state index is -0.0558. The van der Waals surface area contributed by atoms with E-state index in [1.807, 2.05) is 22.7 Å². The SMILES string of the molecule is CN1CCN(C(=O)c2ccncc2Cl)C[C@H]1c1nccn1C. The third-order valence-electron chi connectivity index (χ3n) is 4.09. The second kappa shape index (κ2) is 6.06. The molecule has 0 N–H and O–H groups in total. The Hall–Kier alpha value is -1.92. The first-order chi connectivity index (χ1) is 10.6. The van der Waals surface area contributed by atoms with Gasteiger partial charge in [-0.1, -0.05) is 11.6 Å². The quantitative estimate of drug-likeness (QED) is 0.843. The van der Waals surface area contributed by atoms with Crippen LogP contribution in [0.25, 0.3) is 0 Å². The van der Waals surface area contributed by atoms with Gasteiger partial charge in [0.2, 0.25) is 0 Å². The zero-order valence-corrected chi connectivity index (χ0v) is 13.4. The van der Waals surface area contributed by atoms with Crippen molar-refractivity contribution in [2.45, 2.75) is 6.04 Å². The summed E-state index contributed by atoms with van der Waals surface area (Å²) in [4.78, 5) is 25.1. The van der Waals surface area contributed by atoms with Crippen LogP contribution in [0.2, 0.25) is 5.02 Å². The van der Waals surface area contributed by atoms with Gasteiger partial charge in [0.1, 0.15) is 5.82 Å². The predicted molar refractivity (Wildman–Crippen MR) is 83.7 cm³/mol. The van der Waals surface area contributed by atoms with Crippen LogP contribution in [-0.2, 0) is 7.05 Å². The van der Waals surface area contributed by atoms with E-state index >= 15 is 0 Å². The maximum absolute atomic E-state index is 12.7. The average molecular weight is 320 g/mol. The first-order valence-corrected chi connectivity index (χ1v) is 7.52. The van der Waals surface area contributed by atoms with Crippen LogP contribution in [0.15, 0.2) is 30.9 Å². The Morgan fingerprint density at radius 2 is 2.14 bits per heavy atom. The molecule has 3 heterocycles. The molecule has 0 aliphatic carbocycles. The highest BCUT2D eigenvalue weighted by atomic mass is 35.5. The molecular weight excluding hydrogens is 302 g/mol. The van der Waals surface area contributed by atoms with E-state index in [1.165, 1.54) is 6.20 Å². The fourth-order valence-corrected chi connectivity index (χ4v) is 2.95. The van der Waals surface area contributed by atoms with E-state index in [9.17, 15) is 4.79 Å². The van der Waals surface area contributed by atoms with Crippen molar-refractivity contribution in [3.8, 4) is 0 Å². The van der Waals surface area contributed by atoms with Gasteiger partial charge in [0.25, 0.3) is 5.91 Å². The Kier molecular flexibility index (Phi) is 4.13. The first kappa shape index (κ1) is 15.0. The maximum Gasteiger partial charge on any atom is 0.255 e. The summed E-state index contributed by atoms with van der Waals surface area (Å²) in [5.74, 6) is 0.903.